The highest BCUT2D eigenvalue weighted by Gasteiger charge is 2.28. The number of aliphatic hydroxyl groups is 1. The van der Waals surface area contributed by atoms with E-state index in [9.17, 15) is 34.1 Å². The quantitative estimate of drug-likeness (QED) is 0.0204. The van der Waals surface area contributed by atoms with Crippen molar-refractivity contribution in [3.8, 4) is 0 Å². The fourth-order valence-electron chi connectivity index (χ4n) is 5.64. The molecule has 0 saturated carbocycles. The van der Waals surface area contributed by atoms with Gasteiger partial charge in [-0.2, -0.15) is 0 Å². The number of rotatable bonds is 39. The van der Waals surface area contributed by atoms with Gasteiger partial charge in [0.15, 0.2) is 6.04 Å². The van der Waals surface area contributed by atoms with E-state index in [0.29, 0.717) is 12.8 Å². The number of hydrogen-bond acceptors (Lipinski definition) is 8. The van der Waals surface area contributed by atoms with Gasteiger partial charge in [-0.25, -0.2) is 9.36 Å². The smallest absolute Gasteiger partial charge is 0.472 e. The maximum atomic E-state index is 12.2. The molecule has 310 valence electrons. The van der Waals surface area contributed by atoms with Crippen molar-refractivity contribution in [3.63, 3.8) is 0 Å². The van der Waals surface area contributed by atoms with E-state index in [1.807, 2.05) is 0 Å². The Hall–Kier alpha value is -2.04. The lowest BCUT2D eigenvalue weighted by Gasteiger charge is -2.18. The summed E-state index contributed by atoms with van der Waals surface area (Å²) < 4.78 is 26.8. The van der Waals surface area contributed by atoms with Crippen LogP contribution in [-0.4, -0.2) is 64.9 Å². The summed E-state index contributed by atoms with van der Waals surface area (Å²) >= 11 is 0. The van der Waals surface area contributed by atoms with Crippen LogP contribution in [0.2, 0.25) is 0 Å². The summed E-state index contributed by atoms with van der Waals surface area (Å²) in [4.78, 5) is 45.7. The van der Waals surface area contributed by atoms with Crippen molar-refractivity contribution in [1.82, 2.24) is 5.32 Å². The van der Waals surface area contributed by atoms with Crippen LogP contribution in [-0.2, 0) is 32.7 Å². The van der Waals surface area contributed by atoms with Gasteiger partial charge in [0.25, 0.3) is 0 Å². The van der Waals surface area contributed by atoms with Gasteiger partial charge in [-0.15, -0.1) is 0 Å². The molecular formula is C41H76NO10P. The number of ether oxygens (including phenoxy) is 1. The highest BCUT2D eigenvalue weighted by molar-refractivity contribution is 7.47. The average molecular weight is 774 g/mol. The SMILES string of the molecule is CCCC/C=C\CCCCCCCC(=O)NC(COP(=O)(O)OCC(O)COC(=O)CCCCCCCCC/C=C\CCCCCCCCC)C(=O)O. The zero-order chi connectivity index (χ0) is 39.3. The summed E-state index contributed by atoms with van der Waals surface area (Å²) in [6.07, 6.45) is 36.4. The molecule has 0 aromatic carbocycles. The molecule has 0 saturated heterocycles. The first-order valence-corrected chi connectivity index (χ1v) is 22.4. The summed E-state index contributed by atoms with van der Waals surface area (Å²) in [5.74, 6) is -2.39. The van der Waals surface area contributed by atoms with Gasteiger partial charge < -0.3 is 25.2 Å². The molecule has 4 N–H and O–H groups in total. The van der Waals surface area contributed by atoms with Crippen molar-refractivity contribution in [2.45, 2.75) is 199 Å². The summed E-state index contributed by atoms with van der Waals surface area (Å²) in [7, 11) is -4.75. The lowest BCUT2D eigenvalue weighted by molar-refractivity contribution is -0.147. The number of phosphoric ester groups is 1. The van der Waals surface area contributed by atoms with Gasteiger partial charge in [-0.3, -0.25) is 18.6 Å². The van der Waals surface area contributed by atoms with E-state index in [4.69, 9.17) is 13.8 Å². The molecule has 11 nitrogen and oxygen atoms in total. The van der Waals surface area contributed by atoms with Crippen LogP contribution in [0, 0.1) is 0 Å². The molecule has 0 bridgehead atoms. The number of aliphatic hydroxyl groups excluding tert-OH is 1. The Morgan fingerprint density at radius 2 is 1.00 bits per heavy atom. The summed E-state index contributed by atoms with van der Waals surface area (Å²) in [6, 6.07) is -1.55. The van der Waals surface area contributed by atoms with Crippen molar-refractivity contribution in [1.29, 1.82) is 0 Å². The van der Waals surface area contributed by atoms with Crippen LogP contribution in [0.4, 0.5) is 0 Å². The zero-order valence-corrected chi connectivity index (χ0v) is 34.2. The standard InChI is InChI=1S/C41H76NO10P/c1-3-5-7-9-11-13-15-16-17-18-19-20-21-23-25-27-29-31-33-40(45)50-34-37(43)35-51-53(48,49)52-36-38(41(46)47)42-39(44)32-30-28-26-24-22-14-12-10-8-6-4-2/h10,12,17-18,37-38,43H,3-9,11,13-16,19-36H2,1-2H3,(H,42,44)(H,46,47)(H,48,49)/b12-10-,18-17-. The minimum atomic E-state index is -4.75. The molecule has 0 radical (unpaired) electrons. The molecule has 1 amide bonds. The number of amides is 1. The molecule has 3 atom stereocenters. The van der Waals surface area contributed by atoms with Gasteiger partial charge >= 0.3 is 19.8 Å². The zero-order valence-electron chi connectivity index (χ0n) is 33.3. The Labute approximate surface area is 321 Å². The third-order valence-electron chi connectivity index (χ3n) is 8.96. The van der Waals surface area contributed by atoms with Gasteiger partial charge in [0.1, 0.15) is 12.7 Å². The van der Waals surface area contributed by atoms with Crippen molar-refractivity contribution in [2.75, 3.05) is 19.8 Å². The van der Waals surface area contributed by atoms with Crippen molar-refractivity contribution < 1.29 is 47.8 Å². The number of carbonyl (C=O) groups excluding carboxylic acids is 2. The Kier molecular flexibility index (Phi) is 35.5. The van der Waals surface area contributed by atoms with Crippen LogP contribution in [0.3, 0.4) is 0 Å². The van der Waals surface area contributed by atoms with E-state index in [1.165, 1.54) is 83.5 Å². The number of carboxylic acids is 1. The molecule has 53 heavy (non-hydrogen) atoms. The lowest BCUT2D eigenvalue weighted by Crippen LogP contribution is -2.43. The lowest BCUT2D eigenvalue weighted by atomic mass is 10.1. The molecule has 12 heteroatoms. The molecule has 0 aliphatic heterocycles. The first-order valence-electron chi connectivity index (χ1n) is 20.9. The van der Waals surface area contributed by atoms with Gasteiger partial charge in [0.2, 0.25) is 5.91 Å². The van der Waals surface area contributed by atoms with E-state index < -0.39 is 57.6 Å². The second kappa shape index (κ2) is 36.9. The van der Waals surface area contributed by atoms with E-state index in [0.717, 1.165) is 64.2 Å². The Balaban J connectivity index is 3.89. The van der Waals surface area contributed by atoms with Gasteiger partial charge in [0, 0.05) is 12.8 Å². The van der Waals surface area contributed by atoms with Gasteiger partial charge in [-0.05, 0) is 57.8 Å². The molecule has 0 rings (SSSR count). The molecule has 0 spiro atoms. The van der Waals surface area contributed by atoms with Crippen molar-refractivity contribution >= 4 is 25.7 Å². The molecule has 0 heterocycles. The average Bonchev–Trinajstić information content (AvgIpc) is 3.13. The van der Waals surface area contributed by atoms with Crippen LogP contribution in [0.15, 0.2) is 24.3 Å². The number of carbonyl (C=O) groups is 3. The molecule has 0 aromatic heterocycles. The van der Waals surface area contributed by atoms with Crippen LogP contribution >= 0.6 is 7.82 Å². The van der Waals surface area contributed by atoms with Gasteiger partial charge in [-0.1, -0.05) is 141 Å². The van der Waals surface area contributed by atoms with Crippen molar-refractivity contribution in [3.05, 3.63) is 24.3 Å². The minimum absolute atomic E-state index is 0.136. The van der Waals surface area contributed by atoms with E-state index in [2.05, 4.69) is 43.5 Å². The Morgan fingerprint density at radius 3 is 1.49 bits per heavy atom. The molecule has 3 unspecified atom stereocenters. The third kappa shape index (κ3) is 36.7. The number of aliphatic carboxylic acids is 1. The van der Waals surface area contributed by atoms with Crippen LogP contribution in [0.1, 0.15) is 187 Å². The maximum absolute atomic E-state index is 12.2. The highest BCUT2D eigenvalue weighted by Crippen LogP contribution is 2.43. The predicted octanol–water partition coefficient (Wildman–Crippen LogP) is 10.3. The first kappa shape index (κ1) is 51.0. The fraction of sp³-hybridized carbons (Fsp3) is 0.829. The monoisotopic (exact) mass is 774 g/mol. The first-order chi connectivity index (χ1) is 25.6. The normalized spacial score (nSPS) is 14.0. The number of hydrogen-bond donors (Lipinski definition) is 4. The second-order valence-corrected chi connectivity index (χ2v) is 15.6. The number of esters is 1. The molecule has 0 aliphatic rings. The maximum Gasteiger partial charge on any atom is 0.472 e. The Bertz CT molecular complexity index is 1010. The Morgan fingerprint density at radius 1 is 0.585 bits per heavy atom. The van der Waals surface area contributed by atoms with E-state index >= 15 is 0 Å². The van der Waals surface area contributed by atoms with Gasteiger partial charge in [0.05, 0.1) is 13.2 Å². The molecule has 0 aromatic rings. The summed E-state index contributed by atoms with van der Waals surface area (Å²) in [6.45, 7) is 2.53. The molecular weight excluding hydrogens is 697 g/mol. The molecule has 0 fully saturated rings. The predicted molar refractivity (Wildman–Crippen MR) is 213 cm³/mol. The van der Waals surface area contributed by atoms with E-state index in [-0.39, 0.29) is 12.8 Å². The summed E-state index contributed by atoms with van der Waals surface area (Å²) in [5.41, 5.74) is 0. The number of allylic oxidation sites excluding steroid dienone is 4. The van der Waals surface area contributed by atoms with Crippen molar-refractivity contribution in [2.24, 2.45) is 0 Å². The number of unbranched alkanes of at least 4 members (excludes halogenated alkanes) is 21. The largest absolute Gasteiger partial charge is 0.480 e. The topological polar surface area (TPSA) is 169 Å². The van der Waals surface area contributed by atoms with Crippen LogP contribution in [0.25, 0.3) is 0 Å². The fourth-order valence-corrected chi connectivity index (χ4v) is 6.42. The van der Waals surface area contributed by atoms with Crippen LogP contribution in [0.5, 0.6) is 0 Å². The second-order valence-electron chi connectivity index (χ2n) is 14.2. The number of carboxylic acid groups (broad SMARTS) is 1. The number of nitrogens with one attached hydrogen (secondary N) is 1. The minimum Gasteiger partial charge on any atom is -0.480 e. The number of phosphoric acid groups is 1. The van der Waals surface area contributed by atoms with E-state index in [1.54, 1.807) is 0 Å². The summed E-state index contributed by atoms with van der Waals surface area (Å²) in [5, 5.41) is 21.7. The molecule has 0 aliphatic carbocycles. The third-order valence-corrected chi connectivity index (χ3v) is 9.91. The van der Waals surface area contributed by atoms with Crippen LogP contribution < -0.4 is 5.32 Å². The highest BCUT2D eigenvalue weighted by atomic mass is 31.2.